The van der Waals surface area contributed by atoms with Gasteiger partial charge in [-0.2, -0.15) is 0 Å². The van der Waals surface area contributed by atoms with Crippen LogP contribution < -0.4 is 5.73 Å². The molecule has 1 heterocycles. The van der Waals surface area contributed by atoms with E-state index < -0.39 is 5.91 Å². The fourth-order valence-electron chi connectivity index (χ4n) is 1.41. The van der Waals surface area contributed by atoms with Crippen LogP contribution >= 0.6 is 0 Å². The maximum Gasteiger partial charge on any atom is 0.249 e. The lowest BCUT2D eigenvalue weighted by molar-refractivity contribution is 0.1000. The molecule has 16 heavy (non-hydrogen) atoms. The minimum atomic E-state index is -0.482. The number of hydrogen-bond donors (Lipinski definition) is 1. The molecule has 0 saturated carbocycles. The molecule has 0 radical (unpaired) electrons. The van der Waals surface area contributed by atoms with Gasteiger partial charge in [-0.05, 0) is 18.2 Å². The predicted molar refractivity (Wildman–Crippen MR) is 60.9 cm³/mol. The monoisotopic (exact) mass is 214 g/mol. The summed E-state index contributed by atoms with van der Waals surface area (Å²) in [7, 11) is 0. The van der Waals surface area contributed by atoms with Crippen LogP contribution in [0, 0.1) is 0 Å². The van der Waals surface area contributed by atoms with Crippen molar-refractivity contribution in [3.63, 3.8) is 0 Å². The smallest absolute Gasteiger partial charge is 0.249 e. The molecule has 0 aromatic heterocycles. The van der Waals surface area contributed by atoms with Gasteiger partial charge in [-0.15, -0.1) is 0 Å². The Labute approximate surface area is 92.7 Å². The largest absolute Gasteiger partial charge is 0.366 e. The van der Waals surface area contributed by atoms with Crippen molar-refractivity contribution in [1.29, 1.82) is 0 Å². The van der Waals surface area contributed by atoms with Crippen LogP contribution in [0.1, 0.15) is 15.9 Å². The van der Waals surface area contributed by atoms with Crippen molar-refractivity contribution in [1.82, 2.24) is 0 Å². The molecular weight excluding hydrogens is 204 g/mol. The van der Waals surface area contributed by atoms with E-state index in [1.807, 2.05) is 6.07 Å². The van der Waals surface area contributed by atoms with E-state index in [4.69, 9.17) is 10.6 Å². The van der Waals surface area contributed by atoms with Gasteiger partial charge in [-0.25, -0.2) is 0 Å². The number of nitrogens with zero attached hydrogens (tertiary/aromatic N) is 1. The second-order valence-corrected chi connectivity index (χ2v) is 3.18. The summed E-state index contributed by atoms with van der Waals surface area (Å²) in [5, 5.41) is 3.87. The van der Waals surface area contributed by atoms with Crippen LogP contribution in [0.2, 0.25) is 0 Å². The first-order valence-electron chi connectivity index (χ1n) is 4.75. The number of carbonyl (C=O) groups is 1. The summed E-state index contributed by atoms with van der Waals surface area (Å²) in [6, 6.07) is 7.00. The summed E-state index contributed by atoms with van der Waals surface area (Å²) < 4.78 is 0. The third-order valence-electron chi connectivity index (χ3n) is 2.12. The molecule has 0 bridgehead atoms. The van der Waals surface area contributed by atoms with Crippen LogP contribution in [0.4, 0.5) is 0 Å². The molecule has 2 N–H and O–H groups in total. The third-order valence-corrected chi connectivity index (χ3v) is 2.12. The van der Waals surface area contributed by atoms with Crippen LogP contribution in [0.25, 0.3) is 0 Å². The summed E-state index contributed by atoms with van der Waals surface area (Å²) in [6.45, 7) is 0. The van der Waals surface area contributed by atoms with Gasteiger partial charge in [-0.1, -0.05) is 29.4 Å². The lowest BCUT2D eigenvalue weighted by atomic mass is 10.0. The van der Waals surface area contributed by atoms with E-state index in [0.29, 0.717) is 16.8 Å². The summed E-state index contributed by atoms with van der Waals surface area (Å²) in [4.78, 5) is 16.1. The van der Waals surface area contributed by atoms with Crippen molar-refractivity contribution in [3.8, 4) is 0 Å². The highest BCUT2D eigenvalue weighted by atomic mass is 16.6. The first-order valence-corrected chi connectivity index (χ1v) is 4.75. The molecule has 1 aromatic carbocycles. The molecule has 1 amide bonds. The minimum absolute atomic E-state index is 0.427. The van der Waals surface area contributed by atoms with E-state index in [2.05, 4.69) is 5.16 Å². The Hall–Kier alpha value is -2.36. The predicted octanol–water partition coefficient (Wildman–Crippen LogP) is 1.59. The zero-order chi connectivity index (χ0) is 11.4. The molecule has 1 aliphatic heterocycles. The Morgan fingerprint density at radius 1 is 1.25 bits per heavy atom. The van der Waals surface area contributed by atoms with E-state index in [1.165, 1.54) is 6.26 Å². The zero-order valence-corrected chi connectivity index (χ0v) is 8.46. The van der Waals surface area contributed by atoms with Crippen LogP contribution in [-0.4, -0.2) is 11.6 Å². The first kappa shape index (κ1) is 10.2. The molecule has 0 atom stereocenters. The van der Waals surface area contributed by atoms with Crippen molar-refractivity contribution < 1.29 is 9.63 Å². The molecule has 0 fully saturated rings. The Morgan fingerprint density at radius 3 is 2.88 bits per heavy atom. The Morgan fingerprint density at radius 2 is 2.06 bits per heavy atom. The fraction of sp³-hybridized carbons (Fsp3) is 0. The van der Waals surface area contributed by atoms with Crippen LogP contribution in [0.3, 0.4) is 0 Å². The first-order chi connectivity index (χ1) is 7.79. The number of nitrogens with two attached hydrogens (primary N) is 1. The highest BCUT2D eigenvalue weighted by Crippen LogP contribution is 2.12. The van der Waals surface area contributed by atoms with E-state index in [0.717, 1.165) is 0 Å². The second-order valence-electron chi connectivity index (χ2n) is 3.18. The molecule has 4 nitrogen and oxygen atoms in total. The standard InChI is InChI=1S/C12H10N2O2/c13-12(15)10-6-2-1-5-9(10)11-7-3-4-8-16-14-11/h1-8H,(H2,13,15). The van der Waals surface area contributed by atoms with Crippen molar-refractivity contribution in [2.75, 3.05) is 0 Å². The van der Waals surface area contributed by atoms with Gasteiger partial charge in [0.2, 0.25) is 5.91 Å². The highest BCUT2D eigenvalue weighted by molar-refractivity contribution is 6.14. The fourth-order valence-corrected chi connectivity index (χ4v) is 1.41. The van der Waals surface area contributed by atoms with Gasteiger partial charge >= 0.3 is 0 Å². The Balaban J connectivity index is 2.48. The third kappa shape index (κ3) is 2.00. The lowest BCUT2D eigenvalue weighted by Gasteiger charge is -2.04. The average Bonchev–Trinajstić information content (AvgIpc) is 2.57. The Bertz CT molecular complexity index is 501. The average molecular weight is 214 g/mol. The van der Waals surface area contributed by atoms with Crippen molar-refractivity contribution in [2.45, 2.75) is 0 Å². The Kier molecular flexibility index (Phi) is 2.82. The van der Waals surface area contributed by atoms with Gasteiger partial charge in [0.05, 0.1) is 0 Å². The molecule has 0 spiro atoms. The quantitative estimate of drug-likeness (QED) is 0.812. The van der Waals surface area contributed by atoms with Gasteiger partial charge in [0.25, 0.3) is 0 Å². The van der Waals surface area contributed by atoms with E-state index in [9.17, 15) is 4.79 Å². The summed E-state index contributed by atoms with van der Waals surface area (Å²) in [5.74, 6) is -0.482. The number of primary amides is 1. The molecule has 2 rings (SSSR count). The van der Waals surface area contributed by atoms with E-state index in [1.54, 1.807) is 36.4 Å². The number of oxime groups is 1. The maximum absolute atomic E-state index is 11.2. The number of benzene rings is 1. The summed E-state index contributed by atoms with van der Waals surface area (Å²) in [6.07, 6.45) is 6.70. The molecule has 1 aromatic rings. The van der Waals surface area contributed by atoms with Gasteiger partial charge in [0.15, 0.2) is 0 Å². The number of amides is 1. The summed E-state index contributed by atoms with van der Waals surface area (Å²) in [5.41, 5.74) is 6.94. The molecule has 0 unspecified atom stereocenters. The summed E-state index contributed by atoms with van der Waals surface area (Å²) >= 11 is 0. The molecule has 1 aliphatic rings. The normalized spacial score (nSPS) is 13.9. The maximum atomic E-state index is 11.2. The second kappa shape index (κ2) is 4.44. The van der Waals surface area contributed by atoms with Crippen molar-refractivity contribution in [3.05, 3.63) is 59.9 Å². The number of hydrogen-bond acceptors (Lipinski definition) is 3. The van der Waals surface area contributed by atoms with Crippen LogP contribution in [-0.2, 0) is 4.84 Å². The molecule has 4 heteroatoms. The molecular formula is C12H10N2O2. The molecule has 80 valence electrons. The van der Waals surface area contributed by atoms with Gasteiger partial charge in [-0.3, -0.25) is 4.79 Å². The van der Waals surface area contributed by atoms with E-state index >= 15 is 0 Å². The van der Waals surface area contributed by atoms with Crippen LogP contribution in [0.15, 0.2) is 53.9 Å². The highest BCUT2D eigenvalue weighted by Gasteiger charge is 2.11. The van der Waals surface area contributed by atoms with Crippen molar-refractivity contribution in [2.24, 2.45) is 10.9 Å². The molecule has 0 saturated heterocycles. The zero-order valence-electron chi connectivity index (χ0n) is 8.46. The van der Waals surface area contributed by atoms with Gasteiger partial charge < -0.3 is 10.6 Å². The minimum Gasteiger partial charge on any atom is -0.366 e. The van der Waals surface area contributed by atoms with Crippen LogP contribution in [0.5, 0.6) is 0 Å². The van der Waals surface area contributed by atoms with E-state index in [-0.39, 0.29) is 0 Å². The number of carbonyl (C=O) groups excluding carboxylic acids is 1. The lowest BCUT2D eigenvalue weighted by Crippen LogP contribution is -2.15. The SMILES string of the molecule is NC(=O)c1ccccc1C1=NOC=CC=C1. The topological polar surface area (TPSA) is 64.7 Å². The number of rotatable bonds is 2. The van der Waals surface area contributed by atoms with Gasteiger partial charge in [0.1, 0.15) is 12.0 Å². The van der Waals surface area contributed by atoms with Gasteiger partial charge in [0, 0.05) is 11.1 Å². The number of allylic oxidation sites excluding steroid dienone is 3. The van der Waals surface area contributed by atoms with Crippen molar-refractivity contribution >= 4 is 11.6 Å². The molecule has 0 aliphatic carbocycles.